The van der Waals surface area contributed by atoms with Gasteiger partial charge in [0.2, 0.25) is 0 Å². The van der Waals surface area contributed by atoms with Crippen LogP contribution in [0.2, 0.25) is 5.02 Å². The second-order valence-corrected chi connectivity index (χ2v) is 4.26. The Morgan fingerprint density at radius 1 is 1.67 bits per heavy atom. The predicted molar refractivity (Wildman–Crippen MR) is 59.1 cm³/mol. The van der Waals surface area contributed by atoms with Gasteiger partial charge in [-0.15, -0.1) is 11.3 Å². The van der Waals surface area contributed by atoms with E-state index in [1.165, 1.54) is 11.3 Å². The number of halogens is 1. The van der Waals surface area contributed by atoms with E-state index in [2.05, 4.69) is 15.3 Å². The van der Waals surface area contributed by atoms with Crippen LogP contribution in [0, 0.1) is 0 Å². The van der Waals surface area contributed by atoms with E-state index >= 15 is 0 Å². The van der Waals surface area contributed by atoms with E-state index in [9.17, 15) is 4.79 Å². The van der Waals surface area contributed by atoms with Crippen molar-refractivity contribution < 1.29 is 4.79 Å². The van der Waals surface area contributed by atoms with Gasteiger partial charge in [-0.3, -0.25) is 4.79 Å². The molecule has 2 heterocycles. The SMILES string of the molecule is O=C(NCc1nccs1)c1cc(Cl)c[nH]1. The number of carbonyl (C=O) groups is 1. The van der Waals surface area contributed by atoms with Crippen LogP contribution in [0.1, 0.15) is 15.5 Å². The molecule has 2 aromatic heterocycles. The number of amides is 1. The first-order valence-corrected chi connectivity index (χ1v) is 5.52. The normalized spacial score (nSPS) is 10.2. The van der Waals surface area contributed by atoms with Crippen LogP contribution in [0.3, 0.4) is 0 Å². The van der Waals surface area contributed by atoms with Gasteiger partial charge in [0.25, 0.3) is 5.91 Å². The predicted octanol–water partition coefficient (Wildman–Crippen LogP) is 2.05. The Hall–Kier alpha value is -1.33. The fourth-order valence-corrected chi connectivity index (χ4v) is 1.81. The number of hydrogen-bond acceptors (Lipinski definition) is 3. The summed E-state index contributed by atoms with van der Waals surface area (Å²) in [5.41, 5.74) is 0.455. The van der Waals surface area contributed by atoms with Crippen LogP contribution in [-0.2, 0) is 6.54 Å². The zero-order chi connectivity index (χ0) is 10.7. The Bertz CT molecular complexity index is 452. The average Bonchev–Trinajstić information content (AvgIpc) is 2.84. The van der Waals surface area contributed by atoms with Gasteiger partial charge in [-0.1, -0.05) is 11.6 Å². The lowest BCUT2D eigenvalue weighted by Crippen LogP contribution is -2.22. The van der Waals surface area contributed by atoms with Crippen molar-refractivity contribution >= 4 is 28.8 Å². The molecule has 0 saturated heterocycles. The fourth-order valence-electron chi connectivity index (χ4n) is 1.09. The minimum Gasteiger partial charge on any atom is -0.356 e. The summed E-state index contributed by atoms with van der Waals surface area (Å²) in [5, 5.41) is 6.00. The molecule has 0 unspecified atom stereocenters. The first kappa shape index (κ1) is 10.2. The number of rotatable bonds is 3. The summed E-state index contributed by atoms with van der Waals surface area (Å²) in [5.74, 6) is -0.183. The lowest BCUT2D eigenvalue weighted by Gasteiger charge is -1.99. The van der Waals surface area contributed by atoms with Crippen molar-refractivity contribution in [2.24, 2.45) is 0 Å². The van der Waals surface area contributed by atoms with Gasteiger partial charge >= 0.3 is 0 Å². The second kappa shape index (κ2) is 4.46. The molecule has 1 amide bonds. The number of carbonyl (C=O) groups excluding carboxylic acids is 1. The number of nitrogens with zero attached hydrogens (tertiary/aromatic N) is 1. The van der Waals surface area contributed by atoms with E-state index in [4.69, 9.17) is 11.6 Å². The van der Waals surface area contributed by atoms with Crippen LogP contribution in [-0.4, -0.2) is 15.9 Å². The van der Waals surface area contributed by atoms with Crippen molar-refractivity contribution in [2.45, 2.75) is 6.54 Å². The maximum atomic E-state index is 11.5. The summed E-state index contributed by atoms with van der Waals surface area (Å²) in [6.07, 6.45) is 3.28. The van der Waals surface area contributed by atoms with Crippen molar-refractivity contribution in [1.29, 1.82) is 0 Å². The zero-order valence-corrected chi connectivity index (χ0v) is 9.23. The van der Waals surface area contributed by atoms with Gasteiger partial charge in [-0.05, 0) is 6.07 Å². The van der Waals surface area contributed by atoms with Gasteiger partial charge in [-0.25, -0.2) is 4.98 Å². The summed E-state index contributed by atoms with van der Waals surface area (Å²) in [6.45, 7) is 0.438. The van der Waals surface area contributed by atoms with Crippen LogP contribution in [0.5, 0.6) is 0 Å². The molecule has 0 aliphatic carbocycles. The van der Waals surface area contributed by atoms with Crippen molar-refractivity contribution in [2.75, 3.05) is 0 Å². The average molecular weight is 242 g/mol. The molecular weight excluding hydrogens is 234 g/mol. The molecule has 6 heteroatoms. The van der Waals surface area contributed by atoms with Crippen LogP contribution in [0.25, 0.3) is 0 Å². The molecule has 0 atom stereocenters. The highest BCUT2D eigenvalue weighted by Crippen LogP contribution is 2.09. The largest absolute Gasteiger partial charge is 0.356 e. The number of H-pyrrole nitrogens is 1. The van der Waals surface area contributed by atoms with E-state index in [0.29, 0.717) is 17.3 Å². The van der Waals surface area contributed by atoms with Gasteiger partial charge < -0.3 is 10.3 Å². The van der Waals surface area contributed by atoms with Gasteiger partial charge in [0.05, 0.1) is 11.6 Å². The number of nitrogens with one attached hydrogen (secondary N) is 2. The second-order valence-electron chi connectivity index (χ2n) is 2.84. The summed E-state index contributed by atoms with van der Waals surface area (Å²) < 4.78 is 0. The van der Waals surface area contributed by atoms with E-state index in [-0.39, 0.29) is 5.91 Å². The lowest BCUT2D eigenvalue weighted by molar-refractivity contribution is 0.0946. The Morgan fingerprint density at radius 3 is 3.13 bits per heavy atom. The van der Waals surface area contributed by atoms with Crippen LogP contribution < -0.4 is 5.32 Å². The Morgan fingerprint density at radius 2 is 2.53 bits per heavy atom. The molecule has 0 radical (unpaired) electrons. The molecule has 0 bridgehead atoms. The molecule has 2 aromatic rings. The third-order valence-corrected chi connectivity index (χ3v) is 2.77. The molecule has 0 fully saturated rings. The first-order valence-electron chi connectivity index (χ1n) is 4.26. The number of hydrogen-bond donors (Lipinski definition) is 2. The molecular formula is C9H8ClN3OS. The monoisotopic (exact) mass is 241 g/mol. The van der Waals surface area contributed by atoms with Gasteiger partial charge in [0.1, 0.15) is 10.7 Å². The van der Waals surface area contributed by atoms with Crippen molar-refractivity contribution in [3.63, 3.8) is 0 Å². The highest BCUT2D eigenvalue weighted by molar-refractivity contribution is 7.09. The molecule has 4 nitrogen and oxygen atoms in total. The molecule has 0 spiro atoms. The van der Waals surface area contributed by atoms with Crippen LogP contribution in [0.4, 0.5) is 0 Å². The lowest BCUT2D eigenvalue weighted by atomic mass is 10.4. The molecule has 2 N–H and O–H groups in total. The molecule has 2 rings (SSSR count). The van der Waals surface area contributed by atoms with E-state index < -0.39 is 0 Å². The highest BCUT2D eigenvalue weighted by atomic mass is 35.5. The molecule has 0 saturated carbocycles. The molecule has 0 aromatic carbocycles. The van der Waals surface area contributed by atoms with Gasteiger partial charge in [0, 0.05) is 17.8 Å². The van der Waals surface area contributed by atoms with Crippen molar-refractivity contribution in [1.82, 2.24) is 15.3 Å². The summed E-state index contributed by atoms with van der Waals surface area (Å²) in [4.78, 5) is 18.4. The van der Waals surface area contributed by atoms with Crippen LogP contribution >= 0.6 is 22.9 Å². The molecule has 0 aliphatic rings. The van der Waals surface area contributed by atoms with Crippen molar-refractivity contribution in [3.05, 3.63) is 39.6 Å². The standard InChI is InChI=1S/C9H8ClN3OS/c10-6-3-7(12-4-6)9(14)13-5-8-11-1-2-15-8/h1-4,12H,5H2,(H,13,14). The topological polar surface area (TPSA) is 57.8 Å². The molecule has 0 aliphatic heterocycles. The summed E-state index contributed by atoms with van der Waals surface area (Å²) in [6, 6.07) is 1.58. The summed E-state index contributed by atoms with van der Waals surface area (Å²) in [7, 11) is 0. The number of thiazole rings is 1. The first-order chi connectivity index (χ1) is 7.25. The Labute approximate surface area is 95.3 Å². The Balaban J connectivity index is 1.93. The van der Waals surface area contributed by atoms with Gasteiger partial charge in [0.15, 0.2) is 0 Å². The quantitative estimate of drug-likeness (QED) is 0.864. The third kappa shape index (κ3) is 2.57. The van der Waals surface area contributed by atoms with E-state index in [1.807, 2.05) is 5.38 Å². The zero-order valence-electron chi connectivity index (χ0n) is 7.66. The number of aromatic amines is 1. The highest BCUT2D eigenvalue weighted by Gasteiger charge is 2.07. The van der Waals surface area contributed by atoms with E-state index in [1.54, 1.807) is 18.5 Å². The van der Waals surface area contributed by atoms with Crippen LogP contribution in [0.15, 0.2) is 23.8 Å². The maximum absolute atomic E-state index is 11.5. The summed E-state index contributed by atoms with van der Waals surface area (Å²) >= 11 is 7.19. The van der Waals surface area contributed by atoms with E-state index in [0.717, 1.165) is 5.01 Å². The third-order valence-electron chi connectivity index (χ3n) is 1.78. The van der Waals surface area contributed by atoms with Crippen molar-refractivity contribution in [3.8, 4) is 0 Å². The maximum Gasteiger partial charge on any atom is 0.268 e. The molecule has 78 valence electrons. The van der Waals surface area contributed by atoms with Gasteiger partial charge in [-0.2, -0.15) is 0 Å². The minimum absolute atomic E-state index is 0.183. The smallest absolute Gasteiger partial charge is 0.268 e. The fraction of sp³-hybridized carbons (Fsp3) is 0.111. The Kier molecular flexibility index (Phi) is 3.03. The minimum atomic E-state index is -0.183. The molecule has 15 heavy (non-hydrogen) atoms. The number of aromatic nitrogens is 2.